The summed E-state index contributed by atoms with van der Waals surface area (Å²) in [7, 11) is 1.74. The molecule has 0 bridgehead atoms. The van der Waals surface area contributed by atoms with Gasteiger partial charge in [0.1, 0.15) is 0 Å². The van der Waals surface area contributed by atoms with Crippen molar-refractivity contribution >= 4 is 3.87 Å². The molecule has 1 nitrogen and oxygen atoms in total. The van der Waals surface area contributed by atoms with Crippen LogP contribution in [0.1, 0.15) is 6.42 Å². The maximum atomic E-state index is 5.34. The third kappa shape index (κ3) is 2.17. The number of allylic oxidation sites excluding steroid dienone is 4. The van der Waals surface area contributed by atoms with Gasteiger partial charge in [-0.1, -0.05) is 0 Å². The zero-order valence-electron chi connectivity index (χ0n) is 8.16. The molecule has 2 rings (SSSR count). The van der Waals surface area contributed by atoms with Crippen LogP contribution in [-0.2, 0) is 19.2 Å². The second-order valence-electron chi connectivity index (χ2n) is 3.15. The fourth-order valence-corrected chi connectivity index (χ4v) is 3.39. The summed E-state index contributed by atoms with van der Waals surface area (Å²) in [6.45, 7) is 0. The van der Waals surface area contributed by atoms with Crippen molar-refractivity contribution in [2.45, 2.75) is 6.42 Å². The van der Waals surface area contributed by atoms with E-state index in [1.165, 1.54) is 3.87 Å². The van der Waals surface area contributed by atoms with Crippen molar-refractivity contribution in [2.24, 2.45) is 0 Å². The van der Waals surface area contributed by atoms with Gasteiger partial charge in [-0.3, -0.25) is 0 Å². The Bertz CT molecular complexity index is 380. The predicted molar refractivity (Wildman–Crippen MR) is 54.5 cm³/mol. The van der Waals surface area contributed by atoms with Gasteiger partial charge in [0.2, 0.25) is 0 Å². The molecule has 0 amide bonds. The third-order valence-electron chi connectivity index (χ3n) is 2.17. The Balaban J connectivity index is 2.15. The first-order valence-electron chi connectivity index (χ1n) is 4.66. The van der Waals surface area contributed by atoms with Crippen LogP contribution in [0.25, 0.3) is 0 Å². The van der Waals surface area contributed by atoms with Crippen LogP contribution in [0.4, 0.5) is 0 Å². The van der Waals surface area contributed by atoms with E-state index in [0.717, 1.165) is 12.2 Å². The fraction of sp³-hybridized carbons (Fsp3) is 0.167. The molecule has 2 heteroatoms. The zero-order chi connectivity index (χ0) is 9.80. The van der Waals surface area contributed by atoms with E-state index in [-0.39, 0.29) is 19.2 Å². The van der Waals surface area contributed by atoms with Crippen LogP contribution >= 0.6 is 0 Å². The van der Waals surface area contributed by atoms with Crippen LogP contribution < -0.4 is 8.61 Å². The molecular formula is C12H12OTi. The number of hydrogen-bond acceptors (Lipinski definition) is 1. The zero-order valence-corrected chi connectivity index (χ0v) is 9.72. The van der Waals surface area contributed by atoms with Gasteiger partial charge >= 0.3 is 93.4 Å². The Kier molecular flexibility index (Phi) is 3.23. The summed E-state index contributed by atoms with van der Waals surface area (Å²) in [5, 5.41) is 0. The van der Waals surface area contributed by atoms with E-state index < -0.39 is 0 Å². The molecule has 0 atom stereocenters. The van der Waals surface area contributed by atoms with Crippen molar-refractivity contribution in [3.05, 3.63) is 46.4 Å². The molecule has 1 aromatic carbocycles. The minimum absolute atomic E-state index is 0.171. The minimum atomic E-state index is -0.171. The summed E-state index contributed by atoms with van der Waals surface area (Å²) in [5.74, 6) is 1.04. The van der Waals surface area contributed by atoms with Gasteiger partial charge in [0, 0.05) is 0 Å². The quantitative estimate of drug-likeness (QED) is 0.710. The summed E-state index contributed by atoms with van der Waals surface area (Å²) in [6.07, 6.45) is 7.74. The van der Waals surface area contributed by atoms with Gasteiger partial charge in [-0.25, -0.2) is 0 Å². The summed E-state index contributed by atoms with van der Waals surface area (Å²) in [5.41, 5.74) is 0. The molecule has 1 aliphatic rings. The van der Waals surface area contributed by atoms with E-state index in [0.29, 0.717) is 0 Å². The number of benzene rings is 1. The van der Waals surface area contributed by atoms with Crippen molar-refractivity contribution in [3.63, 3.8) is 0 Å². The van der Waals surface area contributed by atoms with Crippen LogP contribution in [0.2, 0.25) is 0 Å². The molecule has 0 N–H and O–H groups in total. The SMILES string of the molecule is COc1cccc[c]1[Ti][C]1=CC=CC1. The third-order valence-corrected chi connectivity index (χ3v) is 4.32. The van der Waals surface area contributed by atoms with Gasteiger partial charge in [0.15, 0.2) is 0 Å². The van der Waals surface area contributed by atoms with Gasteiger partial charge in [0.25, 0.3) is 0 Å². The van der Waals surface area contributed by atoms with Crippen molar-refractivity contribution < 1.29 is 23.9 Å². The number of ether oxygens (including phenoxy) is 1. The Morgan fingerprint density at radius 3 is 2.86 bits per heavy atom. The molecule has 0 fully saturated rings. The van der Waals surface area contributed by atoms with Crippen LogP contribution in [0.5, 0.6) is 5.75 Å². The standard InChI is InChI=1S/C7H7O.C5H5.Ti/c1-8-7-5-3-2-4-6-7;1-2-4-5-3-1;/h2-5H,1H3;1-3H,4H2;. The maximum absolute atomic E-state index is 5.34. The number of hydrogen-bond donors (Lipinski definition) is 0. The molecular weight excluding hydrogens is 208 g/mol. The number of para-hydroxylation sites is 1. The van der Waals surface area contributed by atoms with E-state index in [9.17, 15) is 0 Å². The van der Waals surface area contributed by atoms with Gasteiger partial charge in [-0.15, -0.1) is 0 Å². The number of rotatable bonds is 3. The summed E-state index contributed by atoms with van der Waals surface area (Å²) in [4.78, 5) is 0. The monoisotopic (exact) mass is 220 g/mol. The second-order valence-corrected chi connectivity index (χ2v) is 5.38. The molecule has 0 radical (unpaired) electrons. The molecule has 0 aliphatic heterocycles. The van der Waals surface area contributed by atoms with Crippen molar-refractivity contribution in [1.82, 2.24) is 0 Å². The molecule has 14 heavy (non-hydrogen) atoms. The van der Waals surface area contributed by atoms with Crippen molar-refractivity contribution in [1.29, 1.82) is 0 Å². The Morgan fingerprint density at radius 1 is 1.29 bits per heavy atom. The molecule has 1 aliphatic carbocycles. The Hall–Kier alpha value is -0.786. The topological polar surface area (TPSA) is 9.23 Å². The molecule has 0 saturated heterocycles. The number of methoxy groups -OCH3 is 1. The molecule has 0 spiro atoms. The van der Waals surface area contributed by atoms with Crippen LogP contribution in [0, 0.1) is 0 Å². The summed E-state index contributed by atoms with van der Waals surface area (Å²) in [6, 6.07) is 8.33. The second kappa shape index (κ2) is 4.63. The Morgan fingerprint density at radius 2 is 2.14 bits per heavy atom. The van der Waals surface area contributed by atoms with Gasteiger partial charge in [-0.2, -0.15) is 0 Å². The van der Waals surface area contributed by atoms with E-state index in [1.807, 2.05) is 12.1 Å². The average molecular weight is 220 g/mol. The van der Waals surface area contributed by atoms with E-state index in [1.54, 1.807) is 11.0 Å². The molecule has 1 aromatic rings. The van der Waals surface area contributed by atoms with Crippen LogP contribution in [0.15, 0.2) is 46.4 Å². The van der Waals surface area contributed by atoms with Crippen molar-refractivity contribution in [3.8, 4) is 5.75 Å². The van der Waals surface area contributed by atoms with E-state index in [2.05, 4.69) is 30.4 Å². The first-order valence-corrected chi connectivity index (χ1v) is 6.22. The van der Waals surface area contributed by atoms with Crippen molar-refractivity contribution in [2.75, 3.05) is 7.11 Å². The first-order chi connectivity index (χ1) is 6.90. The average Bonchev–Trinajstić information content (AvgIpc) is 2.71. The molecule has 0 heterocycles. The summed E-state index contributed by atoms with van der Waals surface area (Å²) < 4.78 is 8.31. The van der Waals surface area contributed by atoms with Gasteiger partial charge in [0.05, 0.1) is 0 Å². The van der Waals surface area contributed by atoms with Crippen LogP contribution in [0.3, 0.4) is 0 Å². The predicted octanol–water partition coefficient (Wildman–Crippen LogP) is 2.25. The fourth-order valence-electron chi connectivity index (χ4n) is 1.46. The summed E-state index contributed by atoms with van der Waals surface area (Å²) >= 11 is -0.171. The van der Waals surface area contributed by atoms with Crippen LogP contribution in [-0.4, -0.2) is 7.11 Å². The normalized spacial score (nSPS) is 13.9. The van der Waals surface area contributed by atoms with Gasteiger partial charge < -0.3 is 0 Å². The van der Waals surface area contributed by atoms with Gasteiger partial charge in [-0.05, 0) is 0 Å². The van der Waals surface area contributed by atoms with E-state index in [4.69, 9.17) is 4.74 Å². The van der Waals surface area contributed by atoms with E-state index >= 15 is 0 Å². The molecule has 70 valence electrons. The molecule has 0 saturated carbocycles. The molecule has 0 unspecified atom stereocenters. The first kappa shape index (κ1) is 9.76. The Labute approximate surface area is 93.4 Å². The molecule has 0 aromatic heterocycles.